The fourth-order valence-electron chi connectivity index (χ4n) is 7.42. The lowest BCUT2D eigenvalue weighted by atomic mass is 9.83. The van der Waals surface area contributed by atoms with Crippen LogP contribution in [0.4, 0.5) is 5.69 Å². The summed E-state index contributed by atoms with van der Waals surface area (Å²) in [6.45, 7) is 7.63. The van der Waals surface area contributed by atoms with E-state index in [4.69, 9.17) is 6.57 Å². The molecule has 0 spiro atoms. The van der Waals surface area contributed by atoms with E-state index in [1.165, 1.54) is 32.7 Å². The summed E-state index contributed by atoms with van der Waals surface area (Å²) in [5, 5.41) is 19.1. The lowest BCUT2D eigenvalue weighted by Crippen LogP contribution is -1.93. The summed E-state index contributed by atoms with van der Waals surface area (Å²) in [6, 6.07) is 62.0. The quantitative estimate of drug-likeness (QED) is 0.140. The first-order valence-corrected chi connectivity index (χ1v) is 16.7. The van der Waals surface area contributed by atoms with E-state index < -0.39 is 0 Å². The van der Waals surface area contributed by atoms with Gasteiger partial charge in [0.15, 0.2) is 5.69 Å². The molecule has 9 rings (SSSR count). The lowest BCUT2D eigenvalue weighted by molar-refractivity contribution is 1.48. The molecule has 9 aromatic rings. The van der Waals surface area contributed by atoms with Gasteiger partial charge in [0.1, 0.15) is 0 Å². The minimum Gasteiger partial charge on any atom is -0.238 e. The van der Waals surface area contributed by atoms with E-state index in [-0.39, 0.29) is 0 Å². The average molecular weight is 633 g/mol. The van der Waals surface area contributed by atoms with Gasteiger partial charge < -0.3 is 0 Å². The van der Waals surface area contributed by atoms with Crippen molar-refractivity contribution in [1.29, 1.82) is 5.26 Å². The van der Waals surface area contributed by atoms with Gasteiger partial charge in [0, 0.05) is 0 Å². The molecule has 0 N–H and O–H groups in total. The molecule has 0 aromatic heterocycles. The van der Waals surface area contributed by atoms with E-state index in [0.29, 0.717) is 11.3 Å². The summed E-state index contributed by atoms with van der Waals surface area (Å²) in [5.41, 5.74) is 10.1. The van der Waals surface area contributed by atoms with Crippen LogP contribution in [0.25, 0.3) is 92.4 Å². The smallest absolute Gasteiger partial charge is 0.187 e. The predicted octanol–water partition coefficient (Wildman–Crippen LogP) is 13.4. The fraction of sp³-hybridized carbons (Fsp3) is 0. The largest absolute Gasteiger partial charge is 0.238 e. The van der Waals surface area contributed by atoms with Crippen LogP contribution in [0.5, 0.6) is 0 Å². The molecule has 2 heteroatoms. The Hall–Kier alpha value is -7.00. The first-order chi connectivity index (χ1) is 24.7. The molecule has 0 saturated heterocycles. The summed E-state index contributed by atoms with van der Waals surface area (Å²) < 4.78 is 0. The van der Waals surface area contributed by atoms with Gasteiger partial charge >= 0.3 is 0 Å². The molecule has 0 fully saturated rings. The van der Waals surface area contributed by atoms with Crippen LogP contribution in [0.15, 0.2) is 170 Å². The van der Waals surface area contributed by atoms with Crippen LogP contribution in [-0.4, -0.2) is 0 Å². The highest BCUT2D eigenvalue weighted by molar-refractivity contribution is 6.23. The standard InChI is InChI=1S/C48H28N2/c1-50-42-15-7-14-37(27-42)39-21-23-44-46(29-39)48(41-19-17-33-10-3-5-12-36(33)26-41)43-22-20-38(34-13-6-8-31(24-34)30-49)28-45(43)47(44)40-18-16-32-9-2-4-11-35(32)25-40/h2-29H. The molecule has 0 atom stereocenters. The normalized spacial score (nSPS) is 11.2. The van der Waals surface area contributed by atoms with Crippen molar-refractivity contribution in [2.75, 3.05) is 0 Å². The van der Waals surface area contributed by atoms with Gasteiger partial charge in [-0.1, -0.05) is 127 Å². The van der Waals surface area contributed by atoms with Crippen molar-refractivity contribution in [3.05, 3.63) is 187 Å². The van der Waals surface area contributed by atoms with E-state index in [1.54, 1.807) is 0 Å². The number of fused-ring (bicyclic) bond motifs is 4. The van der Waals surface area contributed by atoms with Crippen molar-refractivity contribution in [3.63, 3.8) is 0 Å². The second-order valence-corrected chi connectivity index (χ2v) is 12.7. The van der Waals surface area contributed by atoms with Crippen LogP contribution in [-0.2, 0) is 0 Å². The number of nitrogens with zero attached hydrogens (tertiary/aromatic N) is 2. The molecule has 0 amide bonds. The summed E-state index contributed by atoms with van der Waals surface area (Å²) in [7, 11) is 0. The van der Waals surface area contributed by atoms with Crippen molar-refractivity contribution in [2.24, 2.45) is 0 Å². The maximum absolute atomic E-state index is 9.69. The highest BCUT2D eigenvalue weighted by Crippen LogP contribution is 2.47. The Morgan fingerprint density at radius 1 is 0.380 bits per heavy atom. The summed E-state index contributed by atoms with van der Waals surface area (Å²) in [4.78, 5) is 3.71. The van der Waals surface area contributed by atoms with Gasteiger partial charge in [-0.25, -0.2) is 4.85 Å². The monoisotopic (exact) mass is 632 g/mol. The van der Waals surface area contributed by atoms with E-state index >= 15 is 0 Å². The van der Waals surface area contributed by atoms with Gasteiger partial charge in [-0.2, -0.15) is 5.26 Å². The maximum atomic E-state index is 9.69. The molecule has 0 aliphatic heterocycles. The molecule has 0 bridgehead atoms. The highest BCUT2D eigenvalue weighted by Gasteiger charge is 2.19. The topological polar surface area (TPSA) is 28.1 Å². The van der Waals surface area contributed by atoms with Crippen LogP contribution in [0.1, 0.15) is 5.56 Å². The fourth-order valence-corrected chi connectivity index (χ4v) is 7.42. The van der Waals surface area contributed by atoms with Crippen molar-refractivity contribution < 1.29 is 0 Å². The van der Waals surface area contributed by atoms with Crippen LogP contribution in [0, 0.1) is 17.9 Å². The minimum atomic E-state index is 0.626. The number of hydrogen-bond acceptors (Lipinski definition) is 1. The molecule has 0 saturated carbocycles. The zero-order valence-electron chi connectivity index (χ0n) is 27.1. The molecule has 0 radical (unpaired) electrons. The summed E-state index contributed by atoms with van der Waals surface area (Å²) >= 11 is 0. The third kappa shape index (κ3) is 4.96. The average Bonchev–Trinajstić information content (AvgIpc) is 3.19. The zero-order chi connectivity index (χ0) is 33.6. The molecule has 230 valence electrons. The SMILES string of the molecule is [C-]#[N+]c1cccc(-c2ccc3c(-c4ccc5ccccc5c4)c4cc(-c5cccc(C#N)c5)ccc4c(-c4ccc5ccccc5c4)c3c2)c1. The lowest BCUT2D eigenvalue weighted by Gasteiger charge is -2.20. The van der Waals surface area contributed by atoms with Crippen molar-refractivity contribution in [3.8, 4) is 50.6 Å². The Kier molecular flexibility index (Phi) is 6.95. The van der Waals surface area contributed by atoms with Gasteiger partial charge in [0.05, 0.1) is 18.2 Å². The third-order valence-corrected chi connectivity index (χ3v) is 9.83. The molecule has 9 aromatic carbocycles. The van der Waals surface area contributed by atoms with Gasteiger partial charge in [-0.05, 0) is 130 Å². The Balaban J connectivity index is 1.43. The Bertz CT molecular complexity index is 2700. The maximum Gasteiger partial charge on any atom is 0.187 e. The predicted molar refractivity (Wildman–Crippen MR) is 209 cm³/mol. The molecule has 2 nitrogen and oxygen atoms in total. The Morgan fingerprint density at radius 2 is 0.860 bits per heavy atom. The molecule has 0 heterocycles. The number of nitriles is 1. The molecular formula is C48H28N2. The van der Waals surface area contributed by atoms with E-state index in [2.05, 4.69) is 144 Å². The third-order valence-electron chi connectivity index (χ3n) is 9.83. The Labute approximate surface area is 290 Å². The summed E-state index contributed by atoms with van der Waals surface area (Å²) in [5.74, 6) is 0. The minimum absolute atomic E-state index is 0.626. The number of rotatable bonds is 4. The van der Waals surface area contributed by atoms with Gasteiger partial charge in [0.25, 0.3) is 0 Å². The molecule has 0 aliphatic rings. The number of benzene rings is 9. The van der Waals surface area contributed by atoms with E-state index in [0.717, 1.165) is 54.9 Å². The van der Waals surface area contributed by atoms with Crippen LogP contribution < -0.4 is 0 Å². The molecular weight excluding hydrogens is 605 g/mol. The van der Waals surface area contributed by atoms with Gasteiger partial charge in [-0.15, -0.1) is 0 Å². The molecule has 0 aliphatic carbocycles. The van der Waals surface area contributed by atoms with E-state index in [1.807, 2.05) is 36.4 Å². The molecule has 50 heavy (non-hydrogen) atoms. The van der Waals surface area contributed by atoms with Crippen LogP contribution in [0.3, 0.4) is 0 Å². The number of hydrogen-bond donors (Lipinski definition) is 0. The second kappa shape index (κ2) is 11.9. The first kappa shape index (κ1) is 29.2. The highest BCUT2D eigenvalue weighted by atomic mass is 14.6. The Morgan fingerprint density at radius 3 is 1.40 bits per heavy atom. The molecule has 0 unspecified atom stereocenters. The van der Waals surface area contributed by atoms with Crippen molar-refractivity contribution >= 4 is 48.8 Å². The van der Waals surface area contributed by atoms with Crippen molar-refractivity contribution in [2.45, 2.75) is 0 Å². The first-order valence-electron chi connectivity index (χ1n) is 16.7. The van der Waals surface area contributed by atoms with Gasteiger partial charge in [-0.3, -0.25) is 0 Å². The second-order valence-electron chi connectivity index (χ2n) is 12.7. The zero-order valence-corrected chi connectivity index (χ0v) is 27.1. The summed E-state index contributed by atoms with van der Waals surface area (Å²) in [6.07, 6.45) is 0. The van der Waals surface area contributed by atoms with Crippen LogP contribution >= 0.6 is 0 Å². The van der Waals surface area contributed by atoms with E-state index in [9.17, 15) is 5.26 Å². The van der Waals surface area contributed by atoms with Crippen LogP contribution in [0.2, 0.25) is 0 Å². The van der Waals surface area contributed by atoms with Crippen molar-refractivity contribution in [1.82, 2.24) is 0 Å². The van der Waals surface area contributed by atoms with Gasteiger partial charge in [0.2, 0.25) is 0 Å².